The van der Waals surface area contributed by atoms with Crippen molar-refractivity contribution in [3.8, 4) is 5.75 Å². The number of unbranched alkanes of at least 4 members (excludes halogenated alkanes) is 7. The van der Waals surface area contributed by atoms with Crippen molar-refractivity contribution in [1.29, 1.82) is 0 Å². The average molecular weight is 347 g/mol. The zero-order valence-corrected chi connectivity index (χ0v) is 16.7. The number of Topliss-reactive ketones (excluding diaryl/α,β-unsaturated/α-hetero) is 1. The summed E-state index contributed by atoms with van der Waals surface area (Å²) < 4.78 is 5.25. The van der Waals surface area contributed by atoms with Gasteiger partial charge in [0, 0.05) is 12.8 Å². The van der Waals surface area contributed by atoms with Gasteiger partial charge in [0.15, 0.2) is 0 Å². The maximum atomic E-state index is 12.4. The van der Waals surface area contributed by atoms with Gasteiger partial charge in [0.1, 0.15) is 11.5 Å². The van der Waals surface area contributed by atoms with Crippen LogP contribution in [0.15, 0.2) is 24.3 Å². The number of benzene rings is 1. The molecule has 142 valence electrons. The smallest absolute Gasteiger partial charge is 0.133 e. The van der Waals surface area contributed by atoms with Crippen LogP contribution in [0.4, 0.5) is 0 Å². The standard InChI is InChI=1S/C23H38O2/c1-4-6-8-9-10-12-14-22(24)19-21(13-11-7-5-2)20-15-17-23(25-3)18-16-20/h15-18,21H,4-14,19H2,1-3H3. The summed E-state index contributed by atoms with van der Waals surface area (Å²) in [6.45, 7) is 4.47. The Morgan fingerprint density at radius 3 is 2.12 bits per heavy atom. The first-order valence-corrected chi connectivity index (χ1v) is 10.4. The molecule has 1 aromatic rings. The molecule has 0 aliphatic carbocycles. The monoisotopic (exact) mass is 346 g/mol. The molecule has 2 nitrogen and oxygen atoms in total. The summed E-state index contributed by atoms with van der Waals surface area (Å²) >= 11 is 0. The molecular formula is C23H38O2. The van der Waals surface area contributed by atoms with E-state index in [2.05, 4.69) is 26.0 Å². The summed E-state index contributed by atoms with van der Waals surface area (Å²) in [5.41, 5.74) is 1.29. The van der Waals surface area contributed by atoms with Gasteiger partial charge in [-0.25, -0.2) is 0 Å². The van der Waals surface area contributed by atoms with Gasteiger partial charge in [-0.15, -0.1) is 0 Å². The van der Waals surface area contributed by atoms with Crippen molar-refractivity contribution in [2.75, 3.05) is 7.11 Å². The van der Waals surface area contributed by atoms with Crippen LogP contribution in [0, 0.1) is 0 Å². The van der Waals surface area contributed by atoms with Crippen molar-refractivity contribution in [2.45, 2.75) is 96.8 Å². The molecule has 1 unspecified atom stereocenters. The highest BCUT2D eigenvalue weighted by molar-refractivity contribution is 5.79. The van der Waals surface area contributed by atoms with Crippen LogP contribution in [-0.4, -0.2) is 12.9 Å². The molecule has 0 spiro atoms. The fraction of sp³-hybridized carbons (Fsp3) is 0.696. The number of carbonyl (C=O) groups excluding carboxylic acids is 1. The first kappa shape index (κ1) is 21.7. The zero-order chi connectivity index (χ0) is 18.3. The molecule has 0 heterocycles. The van der Waals surface area contributed by atoms with E-state index in [1.807, 2.05) is 12.1 Å². The van der Waals surface area contributed by atoms with E-state index in [9.17, 15) is 4.79 Å². The molecule has 0 aliphatic rings. The van der Waals surface area contributed by atoms with Crippen LogP contribution in [0.5, 0.6) is 5.75 Å². The second kappa shape index (κ2) is 13.9. The Labute approximate surface area is 155 Å². The highest BCUT2D eigenvalue weighted by atomic mass is 16.5. The second-order valence-corrected chi connectivity index (χ2v) is 7.23. The molecule has 1 rings (SSSR count). The molecule has 25 heavy (non-hydrogen) atoms. The van der Waals surface area contributed by atoms with Crippen LogP contribution < -0.4 is 4.74 Å². The minimum absolute atomic E-state index is 0.366. The number of methoxy groups -OCH3 is 1. The van der Waals surface area contributed by atoms with Crippen molar-refractivity contribution < 1.29 is 9.53 Å². The number of carbonyl (C=O) groups is 1. The van der Waals surface area contributed by atoms with Gasteiger partial charge < -0.3 is 4.74 Å². The largest absolute Gasteiger partial charge is 0.497 e. The van der Waals surface area contributed by atoms with Gasteiger partial charge in [-0.05, 0) is 36.5 Å². The summed E-state index contributed by atoms with van der Waals surface area (Å²) in [7, 11) is 1.69. The van der Waals surface area contributed by atoms with E-state index in [1.54, 1.807) is 7.11 Å². The number of rotatable bonds is 15. The van der Waals surface area contributed by atoms with E-state index in [-0.39, 0.29) is 0 Å². The molecule has 0 fully saturated rings. The Kier molecular flexibility index (Phi) is 12.1. The predicted octanol–water partition coefficient (Wildman–Crippen LogP) is 7.07. The van der Waals surface area contributed by atoms with Gasteiger partial charge in [-0.1, -0.05) is 77.3 Å². The highest BCUT2D eigenvalue weighted by Gasteiger charge is 2.16. The molecule has 2 heteroatoms. The Morgan fingerprint density at radius 2 is 1.48 bits per heavy atom. The van der Waals surface area contributed by atoms with Crippen LogP contribution in [0.3, 0.4) is 0 Å². The van der Waals surface area contributed by atoms with Gasteiger partial charge in [-0.2, -0.15) is 0 Å². The lowest BCUT2D eigenvalue weighted by Gasteiger charge is -2.17. The van der Waals surface area contributed by atoms with Gasteiger partial charge in [0.25, 0.3) is 0 Å². The predicted molar refractivity (Wildman–Crippen MR) is 107 cm³/mol. The van der Waals surface area contributed by atoms with Crippen LogP contribution in [0.25, 0.3) is 0 Å². The van der Waals surface area contributed by atoms with Gasteiger partial charge in [-0.3, -0.25) is 4.79 Å². The van der Waals surface area contributed by atoms with Crippen LogP contribution >= 0.6 is 0 Å². The van der Waals surface area contributed by atoms with Crippen LogP contribution in [0.1, 0.15) is 102 Å². The van der Waals surface area contributed by atoms with E-state index >= 15 is 0 Å². The van der Waals surface area contributed by atoms with Crippen molar-refractivity contribution in [3.05, 3.63) is 29.8 Å². The molecule has 0 radical (unpaired) electrons. The molecule has 0 N–H and O–H groups in total. The molecule has 0 saturated heterocycles. The van der Waals surface area contributed by atoms with Crippen LogP contribution in [0.2, 0.25) is 0 Å². The first-order valence-electron chi connectivity index (χ1n) is 10.4. The highest BCUT2D eigenvalue weighted by Crippen LogP contribution is 2.28. The number of hydrogen-bond acceptors (Lipinski definition) is 2. The summed E-state index contributed by atoms with van der Waals surface area (Å²) in [6.07, 6.45) is 13.7. The first-order chi connectivity index (χ1) is 12.2. The molecular weight excluding hydrogens is 308 g/mol. The summed E-state index contributed by atoms with van der Waals surface area (Å²) in [6, 6.07) is 8.29. The third kappa shape index (κ3) is 9.67. The van der Waals surface area contributed by atoms with E-state index in [1.165, 1.54) is 56.9 Å². The van der Waals surface area contributed by atoms with Crippen molar-refractivity contribution in [2.24, 2.45) is 0 Å². The lowest BCUT2D eigenvalue weighted by Crippen LogP contribution is -2.08. The molecule has 0 saturated carbocycles. The zero-order valence-electron chi connectivity index (χ0n) is 16.7. The normalized spacial score (nSPS) is 12.1. The van der Waals surface area contributed by atoms with Gasteiger partial charge in [0.2, 0.25) is 0 Å². The fourth-order valence-corrected chi connectivity index (χ4v) is 3.38. The lowest BCUT2D eigenvalue weighted by molar-refractivity contribution is -0.119. The molecule has 0 amide bonds. The SMILES string of the molecule is CCCCCCCCC(=O)CC(CCCCC)c1ccc(OC)cc1. The number of ketones is 1. The summed E-state index contributed by atoms with van der Waals surface area (Å²) in [5.74, 6) is 1.69. The quantitative estimate of drug-likeness (QED) is 0.317. The minimum Gasteiger partial charge on any atom is -0.497 e. The third-order valence-electron chi connectivity index (χ3n) is 5.03. The maximum absolute atomic E-state index is 12.4. The fourth-order valence-electron chi connectivity index (χ4n) is 3.38. The Hall–Kier alpha value is -1.31. The van der Waals surface area contributed by atoms with E-state index in [0.717, 1.165) is 25.0 Å². The van der Waals surface area contributed by atoms with Gasteiger partial charge >= 0.3 is 0 Å². The van der Waals surface area contributed by atoms with E-state index < -0.39 is 0 Å². The van der Waals surface area contributed by atoms with Crippen molar-refractivity contribution in [3.63, 3.8) is 0 Å². The molecule has 0 aliphatic heterocycles. The average Bonchev–Trinajstić information content (AvgIpc) is 2.64. The summed E-state index contributed by atoms with van der Waals surface area (Å²) in [4.78, 5) is 12.4. The third-order valence-corrected chi connectivity index (χ3v) is 5.03. The lowest BCUT2D eigenvalue weighted by atomic mass is 9.87. The number of hydrogen-bond donors (Lipinski definition) is 0. The van der Waals surface area contributed by atoms with Gasteiger partial charge in [0.05, 0.1) is 7.11 Å². The molecule has 0 bridgehead atoms. The minimum atomic E-state index is 0.366. The Balaban J connectivity index is 2.47. The molecule has 1 atom stereocenters. The van der Waals surface area contributed by atoms with Crippen LogP contribution in [-0.2, 0) is 4.79 Å². The molecule has 1 aromatic carbocycles. The number of ether oxygens (including phenoxy) is 1. The summed E-state index contributed by atoms with van der Waals surface area (Å²) in [5, 5.41) is 0. The van der Waals surface area contributed by atoms with E-state index in [0.29, 0.717) is 18.1 Å². The Morgan fingerprint density at radius 1 is 0.880 bits per heavy atom. The maximum Gasteiger partial charge on any atom is 0.133 e. The Bertz CT molecular complexity index is 450. The second-order valence-electron chi connectivity index (χ2n) is 7.23. The van der Waals surface area contributed by atoms with E-state index in [4.69, 9.17) is 4.74 Å². The topological polar surface area (TPSA) is 26.3 Å². The molecule has 0 aromatic heterocycles. The van der Waals surface area contributed by atoms with Crippen molar-refractivity contribution >= 4 is 5.78 Å². The van der Waals surface area contributed by atoms with Crippen molar-refractivity contribution in [1.82, 2.24) is 0 Å².